The van der Waals surface area contributed by atoms with Crippen LogP contribution < -0.4 is 5.73 Å². The van der Waals surface area contributed by atoms with E-state index in [1.54, 1.807) is 22.7 Å². The van der Waals surface area contributed by atoms with Crippen molar-refractivity contribution in [1.29, 1.82) is 0 Å². The molecule has 2 aromatic rings. The molecule has 0 unspecified atom stereocenters. The first-order chi connectivity index (χ1) is 7.20. The fourth-order valence-electron chi connectivity index (χ4n) is 1.33. The molecule has 0 bridgehead atoms. The van der Waals surface area contributed by atoms with Gasteiger partial charge in [0.15, 0.2) is 10.0 Å². The van der Waals surface area contributed by atoms with Crippen molar-refractivity contribution in [2.24, 2.45) is 5.73 Å². The van der Waals surface area contributed by atoms with E-state index in [0.29, 0.717) is 6.54 Å². The van der Waals surface area contributed by atoms with E-state index >= 15 is 0 Å². The average Bonchev–Trinajstić information content (AvgIpc) is 2.75. The van der Waals surface area contributed by atoms with Crippen molar-refractivity contribution in [3.8, 4) is 10.0 Å². The zero-order valence-electron chi connectivity index (χ0n) is 8.78. The molecule has 2 heterocycles. The minimum Gasteiger partial charge on any atom is -0.330 e. The third-order valence-corrected chi connectivity index (χ3v) is 4.39. The Morgan fingerprint density at radius 3 is 2.67 bits per heavy atom. The van der Waals surface area contributed by atoms with Crippen LogP contribution in [0.4, 0.5) is 0 Å². The third-order valence-electron chi connectivity index (χ3n) is 2.07. The second-order valence-electron chi connectivity index (χ2n) is 3.36. The Bertz CT molecular complexity index is 459. The summed E-state index contributed by atoms with van der Waals surface area (Å²) in [5, 5.41) is 4.09. The maximum atomic E-state index is 5.55. The predicted molar refractivity (Wildman–Crippen MR) is 65.5 cm³/mol. The molecule has 15 heavy (non-hydrogen) atoms. The summed E-state index contributed by atoms with van der Waals surface area (Å²) < 4.78 is 0. The molecule has 0 fully saturated rings. The molecular formula is C10H13N3S2. The summed E-state index contributed by atoms with van der Waals surface area (Å²) >= 11 is 3.36. The van der Waals surface area contributed by atoms with Gasteiger partial charge in [-0.15, -0.1) is 22.7 Å². The molecule has 2 rings (SSSR count). The molecule has 0 atom stereocenters. The zero-order valence-corrected chi connectivity index (χ0v) is 10.4. The number of hydrogen-bond acceptors (Lipinski definition) is 5. The Hall–Kier alpha value is -0.780. The molecule has 2 aromatic heterocycles. The molecule has 0 aliphatic heterocycles. The van der Waals surface area contributed by atoms with E-state index in [-0.39, 0.29) is 0 Å². The van der Waals surface area contributed by atoms with Crippen molar-refractivity contribution in [2.75, 3.05) is 6.54 Å². The maximum absolute atomic E-state index is 5.55. The number of aryl methyl sites for hydroxylation is 2. The summed E-state index contributed by atoms with van der Waals surface area (Å²) in [6.45, 7) is 4.71. The lowest BCUT2D eigenvalue weighted by molar-refractivity contribution is 0.970. The van der Waals surface area contributed by atoms with Gasteiger partial charge >= 0.3 is 0 Å². The monoisotopic (exact) mass is 239 g/mol. The van der Waals surface area contributed by atoms with E-state index in [0.717, 1.165) is 27.8 Å². The van der Waals surface area contributed by atoms with Crippen LogP contribution in [0.15, 0.2) is 5.38 Å². The number of hydrogen-bond donors (Lipinski definition) is 1. The first-order valence-electron chi connectivity index (χ1n) is 4.79. The smallest absolute Gasteiger partial charge is 0.152 e. The van der Waals surface area contributed by atoms with Crippen molar-refractivity contribution in [2.45, 2.75) is 20.3 Å². The lowest BCUT2D eigenvalue weighted by Gasteiger charge is -1.90. The van der Waals surface area contributed by atoms with Crippen molar-refractivity contribution >= 4 is 22.7 Å². The highest BCUT2D eigenvalue weighted by molar-refractivity contribution is 7.20. The van der Waals surface area contributed by atoms with E-state index < -0.39 is 0 Å². The van der Waals surface area contributed by atoms with Gasteiger partial charge in [-0.1, -0.05) is 0 Å². The summed E-state index contributed by atoms with van der Waals surface area (Å²) in [7, 11) is 0. The summed E-state index contributed by atoms with van der Waals surface area (Å²) in [5.74, 6) is 0. The minimum absolute atomic E-state index is 0.680. The second-order valence-corrected chi connectivity index (χ2v) is 5.30. The zero-order chi connectivity index (χ0) is 10.8. The molecule has 0 aliphatic rings. The van der Waals surface area contributed by atoms with Crippen LogP contribution in [0.25, 0.3) is 10.0 Å². The van der Waals surface area contributed by atoms with Crippen LogP contribution in [0.5, 0.6) is 0 Å². The van der Waals surface area contributed by atoms with Crippen LogP contribution in [0.2, 0.25) is 0 Å². The van der Waals surface area contributed by atoms with Gasteiger partial charge in [0, 0.05) is 16.0 Å². The van der Waals surface area contributed by atoms with Gasteiger partial charge in [-0.25, -0.2) is 9.97 Å². The van der Waals surface area contributed by atoms with Gasteiger partial charge in [0.2, 0.25) is 0 Å². The Labute approximate surface area is 97.0 Å². The van der Waals surface area contributed by atoms with Gasteiger partial charge in [0.25, 0.3) is 0 Å². The number of aromatic nitrogens is 2. The molecule has 5 heteroatoms. The van der Waals surface area contributed by atoms with Gasteiger partial charge in [-0.2, -0.15) is 0 Å². The third kappa shape index (κ3) is 2.25. The van der Waals surface area contributed by atoms with Crippen LogP contribution in [-0.2, 0) is 6.42 Å². The van der Waals surface area contributed by atoms with Crippen LogP contribution in [0.1, 0.15) is 16.3 Å². The maximum Gasteiger partial charge on any atom is 0.152 e. The van der Waals surface area contributed by atoms with Crippen LogP contribution >= 0.6 is 22.7 Å². The fraction of sp³-hybridized carbons (Fsp3) is 0.400. The molecule has 80 valence electrons. The molecule has 0 radical (unpaired) electrons. The van der Waals surface area contributed by atoms with E-state index in [2.05, 4.69) is 15.3 Å². The van der Waals surface area contributed by atoms with E-state index in [1.165, 1.54) is 4.88 Å². The van der Waals surface area contributed by atoms with E-state index in [9.17, 15) is 0 Å². The van der Waals surface area contributed by atoms with Crippen LogP contribution in [0, 0.1) is 13.8 Å². The van der Waals surface area contributed by atoms with Crippen LogP contribution in [0.3, 0.4) is 0 Å². The SMILES string of the molecule is Cc1csc(-c2nc(C)c(CCN)s2)n1. The summed E-state index contributed by atoms with van der Waals surface area (Å²) in [4.78, 5) is 10.2. The topological polar surface area (TPSA) is 51.8 Å². The quantitative estimate of drug-likeness (QED) is 0.894. The lowest BCUT2D eigenvalue weighted by atomic mass is 10.3. The predicted octanol–water partition coefficient (Wildman–Crippen LogP) is 2.38. The van der Waals surface area contributed by atoms with Gasteiger partial charge < -0.3 is 5.73 Å². The van der Waals surface area contributed by atoms with Crippen LogP contribution in [-0.4, -0.2) is 16.5 Å². The van der Waals surface area contributed by atoms with Crippen molar-refractivity contribution in [1.82, 2.24) is 9.97 Å². The normalized spacial score (nSPS) is 10.9. The first-order valence-corrected chi connectivity index (χ1v) is 6.49. The van der Waals surface area contributed by atoms with Crippen molar-refractivity contribution < 1.29 is 0 Å². The molecule has 2 N–H and O–H groups in total. The molecule has 0 amide bonds. The molecule has 0 aliphatic carbocycles. The lowest BCUT2D eigenvalue weighted by Crippen LogP contribution is -2.01. The highest BCUT2D eigenvalue weighted by atomic mass is 32.1. The molecule has 0 saturated carbocycles. The summed E-state index contributed by atoms with van der Waals surface area (Å²) in [5.41, 5.74) is 7.70. The van der Waals surface area contributed by atoms with Crippen molar-refractivity contribution in [3.63, 3.8) is 0 Å². The standard InChI is InChI=1S/C10H13N3S2/c1-6-5-14-9(12-6)10-13-7(2)8(15-10)3-4-11/h5H,3-4,11H2,1-2H3. The fourth-order valence-corrected chi connectivity index (χ4v) is 3.24. The summed E-state index contributed by atoms with van der Waals surface area (Å²) in [6, 6.07) is 0. The molecule has 0 saturated heterocycles. The Kier molecular flexibility index (Phi) is 3.14. The Morgan fingerprint density at radius 1 is 1.27 bits per heavy atom. The van der Waals surface area contributed by atoms with Gasteiger partial charge in [0.05, 0.1) is 5.69 Å². The highest BCUT2D eigenvalue weighted by Gasteiger charge is 2.11. The van der Waals surface area contributed by atoms with Gasteiger partial charge in [-0.05, 0) is 26.8 Å². The Balaban J connectivity index is 2.33. The molecule has 3 nitrogen and oxygen atoms in total. The van der Waals surface area contributed by atoms with Gasteiger partial charge in [-0.3, -0.25) is 0 Å². The number of rotatable bonds is 3. The first kappa shape index (κ1) is 10.7. The number of nitrogens with zero attached hydrogens (tertiary/aromatic N) is 2. The average molecular weight is 239 g/mol. The second kappa shape index (κ2) is 4.38. The minimum atomic E-state index is 0.680. The van der Waals surface area contributed by atoms with E-state index in [4.69, 9.17) is 5.73 Å². The molecule has 0 aromatic carbocycles. The largest absolute Gasteiger partial charge is 0.330 e. The highest BCUT2D eigenvalue weighted by Crippen LogP contribution is 2.30. The van der Waals surface area contributed by atoms with Crippen molar-refractivity contribution in [3.05, 3.63) is 21.6 Å². The molecular weight excluding hydrogens is 226 g/mol. The number of thiazole rings is 2. The number of nitrogens with two attached hydrogens (primary N) is 1. The summed E-state index contributed by atoms with van der Waals surface area (Å²) in [6.07, 6.45) is 0.911. The Morgan fingerprint density at radius 2 is 2.07 bits per heavy atom. The molecule has 0 spiro atoms. The van der Waals surface area contributed by atoms with Gasteiger partial charge in [0.1, 0.15) is 0 Å². The van der Waals surface area contributed by atoms with E-state index in [1.807, 2.05) is 13.8 Å².